The van der Waals surface area contributed by atoms with Crippen molar-refractivity contribution in [2.45, 2.75) is 45.7 Å². The van der Waals surface area contributed by atoms with Crippen LogP contribution in [0, 0.1) is 6.92 Å². The molecule has 0 bridgehead atoms. The number of aryl methyl sites for hydroxylation is 1. The first-order valence-electron chi connectivity index (χ1n) is 14.2. The van der Waals surface area contributed by atoms with Gasteiger partial charge in [-0.1, -0.05) is 73.5 Å². The topological polar surface area (TPSA) is 105 Å². The number of hydrogen-bond donors (Lipinski definition) is 1. The lowest BCUT2D eigenvalue weighted by Gasteiger charge is -2.33. The summed E-state index contributed by atoms with van der Waals surface area (Å²) < 4.78 is 38.3. The van der Waals surface area contributed by atoms with E-state index in [4.69, 9.17) is 9.47 Å². The smallest absolute Gasteiger partial charge is 0.244 e. The second kappa shape index (κ2) is 14.2. The Balaban J connectivity index is 1.70. The lowest BCUT2D eigenvalue weighted by Crippen LogP contribution is -2.53. The second-order valence-corrected chi connectivity index (χ2v) is 12.4. The zero-order valence-electron chi connectivity index (χ0n) is 24.4. The molecule has 1 heterocycles. The number of amides is 2. The molecule has 224 valence electrons. The highest BCUT2D eigenvalue weighted by Crippen LogP contribution is 2.34. The number of ether oxygens (including phenoxy) is 2. The molecule has 0 unspecified atom stereocenters. The molecule has 0 fully saturated rings. The minimum absolute atomic E-state index is 0.135. The average molecular weight is 594 g/mol. The van der Waals surface area contributed by atoms with Gasteiger partial charge in [0.2, 0.25) is 21.8 Å². The Kier molecular flexibility index (Phi) is 10.5. The molecule has 4 rings (SSSR count). The van der Waals surface area contributed by atoms with Crippen molar-refractivity contribution < 1.29 is 27.5 Å². The number of anilines is 1. The fourth-order valence-corrected chi connectivity index (χ4v) is 5.59. The molecule has 10 heteroatoms. The molecule has 42 heavy (non-hydrogen) atoms. The number of nitrogens with zero attached hydrogens (tertiary/aromatic N) is 2. The maximum absolute atomic E-state index is 14.2. The summed E-state index contributed by atoms with van der Waals surface area (Å²) in [5.41, 5.74) is 3.06. The summed E-state index contributed by atoms with van der Waals surface area (Å²) >= 11 is 0. The maximum atomic E-state index is 14.2. The van der Waals surface area contributed by atoms with Gasteiger partial charge in [-0.05, 0) is 36.6 Å². The van der Waals surface area contributed by atoms with Crippen LogP contribution in [0.1, 0.15) is 36.5 Å². The van der Waals surface area contributed by atoms with E-state index < -0.39 is 28.5 Å². The zero-order chi connectivity index (χ0) is 30.1. The van der Waals surface area contributed by atoms with E-state index in [2.05, 4.69) is 5.32 Å². The first kappa shape index (κ1) is 30.9. The van der Waals surface area contributed by atoms with Crippen molar-refractivity contribution in [2.24, 2.45) is 0 Å². The number of carbonyl (C=O) groups is 2. The molecule has 0 aromatic heterocycles. The van der Waals surface area contributed by atoms with Crippen LogP contribution in [0.5, 0.6) is 11.5 Å². The molecule has 0 saturated carbocycles. The summed E-state index contributed by atoms with van der Waals surface area (Å²) in [5.74, 6) is 0.145. The molecule has 3 aromatic rings. The zero-order valence-corrected chi connectivity index (χ0v) is 25.2. The van der Waals surface area contributed by atoms with Gasteiger partial charge in [0.05, 0.1) is 11.9 Å². The van der Waals surface area contributed by atoms with Crippen LogP contribution < -0.4 is 19.1 Å². The van der Waals surface area contributed by atoms with Crippen molar-refractivity contribution in [2.75, 3.05) is 36.9 Å². The van der Waals surface area contributed by atoms with Crippen LogP contribution in [-0.4, -0.2) is 63.7 Å². The van der Waals surface area contributed by atoms with E-state index in [0.717, 1.165) is 40.1 Å². The van der Waals surface area contributed by atoms with Gasteiger partial charge in [0.1, 0.15) is 25.8 Å². The van der Waals surface area contributed by atoms with Gasteiger partial charge in [0.15, 0.2) is 11.5 Å². The number of hydrogen-bond acceptors (Lipinski definition) is 6. The molecular weight excluding hydrogens is 554 g/mol. The molecule has 0 aliphatic carbocycles. The number of fused-ring (bicyclic) bond motifs is 1. The van der Waals surface area contributed by atoms with Crippen LogP contribution in [0.3, 0.4) is 0 Å². The molecule has 1 N–H and O–H groups in total. The Morgan fingerprint density at radius 1 is 0.929 bits per heavy atom. The highest BCUT2D eigenvalue weighted by atomic mass is 32.2. The number of benzene rings is 3. The minimum Gasteiger partial charge on any atom is -0.486 e. The number of sulfonamides is 1. The molecule has 2 amide bonds. The fraction of sp³-hybridized carbons (Fsp3) is 0.375. The Morgan fingerprint density at radius 3 is 2.29 bits per heavy atom. The number of rotatable bonds is 13. The van der Waals surface area contributed by atoms with E-state index in [1.54, 1.807) is 18.2 Å². The van der Waals surface area contributed by atoms with E-state index >= 15 is 0 Å². The predicted molar refractivity (Wildman–Crippen MR) is 163 cm³/mol. The maximum Gasteiger partial charge on any atom is 0.244 e. The van der Waals surface area contributed by atoms with Crippen molar-refractivity contribution in [3.05, 3.63) is 89.5 Å². The minimum atomic E-state index is -3.89. The summed E-state index contributed by atoms with van der Waals surface area (Å²) in [4.78, 5) is 29.3. The Hall–Kier alpha value is -4.05. The van der Waals surface area contributed by atoms with Crippen LogP contribution in [0.15, 0.2) is 72.8 Å². The molecule has 0 spiro atoms. The average Bonchev–Trinajstić information content (AvgIpc) is 2.98. The number of carbonyl (C=O) groups excluding carboxylic acids is 2. The van der Waals surface area contributed by atoms with Crippen molar-refractivity contribution in [1.29, 1.82) is 0 Å². The van der Waals surface area contributed by atoms with E-state index in [-0.39, 0.29) is 24.6 Å². The summed E-state index contributed by atoms with van der Waals surface area (Å²) in [6.45, 7) is 4.89. The van der Waals surface area contributed by atoms with Crippen molar-refractivity contribution in [1.82, 2.24) is 10.2 Å². The normalized spacial score (nSPS) is 13.2. The second-order valence-electron chi connectivity index (χ2n) is 10.5. The standard InChI is InChI=1S/C32H39N3O6S/c1-4-5-17-33-32(37)28(20-25-9-7-6-8-10-25)34(22-26-13-11-24(2)12-14-26)31(36)23-35(42(3,38)39)27-15-16-29-30(21-27)41-19-18-40-29/h6-16,21,28H,4-5,17-20,22-23H2,1-3H3,(H,33,37)/t28-/m1/s1. The quantitative estimate of drug-likeness (QED) is 0.300. The highest BCUT2D eigenvalue weighted by molar-refractivity contribution is 7.92. The van der Waals surface area contributed by atoms with Crippen LogP contribution in [0.4, 0.5) is 5.69 Å². The molecule has 1 aliphatic heterocycles. The van der Waals surface area contributed by atoms with Gasteiger partial charge in [0.25, 0.3) is 0 Å². The Labute approximate surface area is 248 Å². The Bertz CT molecular complexity index is 1460. The molecular formula is C32H39N3O6S. The van der Waals surface area contributed by atoms with Gasteiger partial charge in [-0.2, -0.15) is 0 Å². The Morgan fingerprint density at radius 2 is 1.62 bits per heavy atom. The van der Waals surface area contributed by atoms with Gasteiger partial charge in [-0.25, -0.2) is 8.42 Å². The monoisotopic (exact) mass is 593 g/mol. The van der Waals surface area contributed by atoms with Crippen LogP contribution in [0.2, 0.25) is 0 Å². The fourth-order valence-electron chi connectivity index (χ4n) is 4.75. The van der Waals surface area contributed by atoms with E-state index in [1.807, 2.05) is 68.4 Å². The predicted octanol–water partition coefficient (Wildman–Crippen LogP) is 4.09. The molecule has 3 aromatic carbocycles. The highest BCUT2D eigenvalue weighted by Gasteiger charge is 2.33. The van der Waals surface area contributed by atoms with Crippen molar-refractivity contribution in [3.8, 4) is 11.5 Å². The molecule has 1 atom stereocenters. The van der Waals surface area contributed by atoms with E-state index in [9.17, 15) is 18.0 Å². The lowest BCUT2D eigenvalue weighted by molar-refractivity contribution is -0.140. The third kappa shape index (κ3) is 8.25. The van der Waals surface area contributed by atoms with Crippen molar-refractivity contribution in [3.63, 3.8) is 0 Å². The van der Waals surface area contributed by atoms with Gasteiger partial charge in [0, 0.05) is 25.6 Å². The van der Waals surface area contributed by atoms with E-state index in [1.165, 1.54) is 4.90 Å². The first-order valence-corrected chi connectivity index (χ1v) is 16.0. The summed E-state index contributed by atoms with van der Waals surface area (Å²) in [6.07, 6.45) is 3.05. The van der Waals surface area contributed by atoms with E-state index in [0.29, 0.717) is 31.3 Å². The van der Waals surface area contributed by atoms with Gasteiger partial charge in [-0.3, -0.25) is 13.9 Å². The van der Waals surface area contributed by atoms with Gasteiger partial charge in [-0.15, -0.1) is 0 Å². The lowest BCUT2D eigenvalue weighted by atomic mass is 10.0. The first-order chi connectivity index (χ1) is 20.2. The van der Waals surface area contributed by atoms with Gasteiger partial charge < -0.3 is 19.7 Å². The summed E-state index contributed by atoms with van der Waals surface area (Å²) in [5, 5.41) is 2.99. The third-order valence-corrected chi connectivity index (χ3v) is 8.21. The van der Waals surface area contributed by atoms with Crippen LogP contribution in [-0.2, 0) is 32.6 Å². The molecule has 9 nitrogen and oxygen atoms in total. The number of nitrogens with one attached hydrogen (secondary N) is 1. The molecule has 1 aliphatic rings. The molecule has 0 saturated heterocycles. The van der Waals surface area contributed by atoms with Crippen LogP contribution in [0.25, 0.3) is 0 Å². The SMILES string of the molecule is CCCCNC(=O)[C@@H](Cc1ccccc1)N(Cc1ccc(C)cc1)C(=O)CN(c1ccc2c(c1)OCCO2)S(C)(=O)=O. The summed E-state index contributed by atoms with van der Waals surface area (Å²) in [6, 6.07) is 21.2. The molecule has 0 radical (unpaired) electrons. The van der Waals surface area contributed by atoms with Gasteiger partial charge >= 0.3 is 0 Å². The van der Waals surface area contributed by atoms with Crippen molar-refractivity contribution >= 4 is 27.5 Å². The third-order valence-electron chi connectivity index (χ3n) is 7.07. The summed E-state index contributed by atoms with van der Waals surface area (Å²) in [7, 11) is -3.89. The van der Waals surface area contributed by atoms with Crippen LogP contribution >= 0.6 is 0 Å². The largest absolute Gasteiger partial charge is 0.486 e. The number of unbranched alkanes of at least 4 members (excludes halogenated alkanes) is 1.